The summed E-state index contributed by atoms with van der Waals surface area (Å²) in [5.41, 5.74) is 1.14. The number of hydrogen-bond donors (Lipinski definition) is 1. The summed E-state index contributed by atoms with van der Waals surface area (Å²) in [6, 6.07) is 8.32. The zero-order valence-electron chi connectivity index (χ0n) is 10.2. The molecule has 0 aromatic heterocycles. The second kappa shape index (κ2) is 5.51. The van der Waals surface area contributed by atoms with E-state index in [9.17, 15) is 4.21 Å². The molecule has 0 bridgehead atoms. The lowest BCUT2D eigenvalue weighted by Crippen LogP contribution is -2.48. The van der Waals surface area contributed by atoms with E-state index in [-0.39, 0.29) is 11.3 Å². The van der Waals surface area contributed by atoms with Gasteiger partial charge in [0.2, 0.25) is 0 Å². The molecule has 1 aromatic carbocycles. The molecule has 4 atom stereocenters. The van der Waals surface area contributed by atoms with Gasteiger partial charge in [0.1, 0.15) is 0 Å². The van der Waals surface area contributed by atoms with Gasteiger partial charge in [-0.25, -0.2) is 0 Å². The van der Waals surface area contributed by atoms with Crippen molar-refractivity contribution in [3.63, 3.8) is 0 Å². The van der Waals surface area contributed by atoms with Crippen LogP contribution in [0.25, 0.3) is 0 Å². The molecule has 1 aliphatic heterocycles. The highest BCUT2D eigenvalue weighted by atomic mass is 35.5. The van der Waals surface area contributed by atoms with Crippen LogP contribution in [0.3, 0.4) is 0 Å². The first-order chi connectivity index (χ1) is 8.11. The van der Waals surface area contributed by atoms with Crippen molar-refractivity contribution in [2.24, 2.45) is 0 Å². The fourth-order valence-corrected chi connectivity index (χ4v) is 4.01. The van der Waals surface area contributed by atoms with Gasteiger partial charge in [0, 0.05) is 33.7 Å². The number of benzene rings is 1. The molecule has 1 fully saturated rings. The van der Waals surface area contributed by atoms with E-state index in [1.54, 1.807) is 0 Å². The predicted octanol–water partition coefficient (Wildman–Crippen LogP) is 2.90. The van der Waals surface area contributed by atoms with Gasteiger partial charge in [0.25, 0.3) is 0 Å². The number of halogens is 1. The van der Waals surface area contributed by atoms with Crippen molar-refractivity contribution >= 4 is 22.4 Å². The molecule has 4 heteroatoms. The average Bonchev–Trinajstić information content (AvgIpc) is 2.32. The summed E-state index contributed by atoms with van der Waals surface area (Å²) in [5.74, 6) is 0.759. The van der Waals surface area contributed by atoms with Gasteiger partial charge in [-0.3, -0.25) is 4.21 Å². The summed E-state index contributed by atoms with van der Waals surface area (Å²) in [7, 11) is -0.758. The number of rotatable bonds is 2. The molecule has 4 unspecified atom stereocenters. The highest BCUT2D eigenvalue weighted by molar-refractivity contribution is 7.85. The Kier molecular flexibility index (Phi) is 4.23. The minimum atomic E-state index is -0.758. The van der Waals surface area contributed by atoms with Gasteiger partial charge in [0.05, 0.1) is 5.25 Å². The lowest BCUT2D eigenvalue weighted by atomic mass is 10.0. The largest absolute Gasteiger partial charge is 0.305 e. The van der Waals surface area contributed by atoms with Gasteiger partial charge < -0.3 is 5.32 Å². The van der Waals surface area contributed by atoms with Crippen molar-refractivity contribution in [2.45, 2.75) is 37.6 Å². The van der Waals surface area contributed by atoms with E-state index in [1.807, 2.05) is 25.1 Å². The molecule has 1 N–H and O–H groups in total. The van der Waals surface area contributed by atoms with Crippen LogP contribution in [0.4, 0.5) is 0 Å². The molecular weight excluding hydrogens is 254 g/mol. The molecule has 2 rings (SSSR count). The number of nitrogens with one attached hydrogen (secondary N) is 1. The van der Waals surface area contributed by atoms with Crippen LogP contribution in [0.5, 0.6) is 0 Å². The Morgan fingerprint density at radius 1 is 1.53 bits per heavy atom. The van der Waals surface area contributed by atoms with Crippen LogP contribution in [0, 0.1) is 0 Å². The van der Waals surface area contributed by atoms with Crippen LogP contribution in [0.1, 0.15) is 31.9 Å². The molecular formula is C13H18ClNOS. The Labute approximate surface area is 110 Å². The van der Waals surface area contributed by atoms with Gasteiger partial charge in [-0.1, -0.05) is 30.7 Å². The second-order valence-corrected chi connectivity index (χ2v) is 6.83. The topological polar surface area (TPSA) is 29.1 Å². The third-order valence-corrected chi connectivity index (χ3v) is 5.43. The molecule has 1 heterocycles. The molecule has 1 aromatic rings. The van der Waals surface area contributed by atoms with Crippen molar-refractivity contribution in [2.75, 3.05) is 5.75 Å². The van der Waals surface area contributed by atoms with Gasteiger partial charge in [0.15, 0.2) is 0 Å². The minimum Gasteiger partial charge on any atom is -0.305 e. The fourth-order valence-electron chi connectivity index (χ4n) is 2.24. The molecule has 1 saturated heterocycles. The third kappa shape index (κ3) is 2.90. The molecule has 0 aliphatic carbocycles. The highest BCUT2D eigenvalue weighted by Crippen LogP contribution is 2.27. The summed E-state index contributed by atoms with van der Waals surface area (Å²) < 4.78 is 12.1. The maximum Gasteiger partial charge on any atom is 0.0515 e. The van der Waals surface area contributed by atoms with Crippen molar-refractivity contribution < 1.29 is 4.21 Å². The predicted molar refractivity (Wildman–Crippen MR) is 73.9 cm³/mol. The maximum absolute atomic E-state index is 12.1. The smallest absolute Gasteiger partial charge is 0.0515 e. The fraction of sp³-hybridized carbons (Fsp3) is 0.538. The summed E-state index contributed by atoms with van der Waals surface area (Å²) in [6.45, 7) is 4.17. The Bertz CT molecular complexity index is 424. The van der Waals surface area contributed by atoms with Crippen LogP contribution in [0.2, 0.25) is 5.02 Å². The lowest BCUT2D eigenvalue weighted by Gasteiger charge is -2.35. The molecule has 1 aliphatic rings. The first-order valence-corrected chi connectivity index (χ1v) is 7.76. The van der Waals surface area contributed by atoms with E-state index in [4.69, 9.17) is 11.6 Å². The Hall–Kier alpha value is -0.380. The van der Waals surface area contributed by atoms with Crippen LogP contribution < -0.4 is 5.32 Å². The van der Waals surface area contributed by atoms with E-state index < -0.39 is 10.8 Å². The van der Waals surface area contributed by atoms with E-state index in [2.05, 4.69) is 18.3 Å². The van der Waals surface area contributed by atoms with E-state index in [0.717, 1.165) is 22.8 Å². The van der Waals surface area contributed by atoms with Gasteiger partial charge >= 0.3 is 0 Å². The normalized spacial score (nSPS) is 33.6. The van der Waals surface area contributed by atoms with Gasteiger partial charge in [-0.15, -0.1) is 0 Å². The van der Waals surface area contributed by atoms with Crippen molar-refractivity contribution in [3.05, 3.63) is 34.9 Å². The standard InChI is InChI=1S/C13H18ClNOS/c1-3-12-8-17(16)9(2)13(15-12)10-5-4-6-11(14)7-10/h4-7,9,12-13,15H,3,8H2,1-2H3. The van der Waals surface area contributed by atoms with Crippen molar-refractivity contribution in [1.82, 2.24) is 5.32 Å². The van der Waals surface area contributed by atoms with Gasteiger partial charge in [-0.05, 0) is 31.0 Å². The van der Waals surface area contributed by atoms with Crippen molar-refractivity contribution in [1.29, 1.82) is 0 Å². The lowest BCUT2D eigenvalue weighted by molar-refractivity contribution is 0.421. The van der Waals surface area contributed by atoms with Crippen LogP contribution in [-0.4, -0.2) is 21.3 Å². The maximum atomic E-state index is 12.1. The van der Waals surface area contributed by atoms with Crippen LogP contribution in [-0.2, 0) is 10.8 Å². The van der Waals surface area contributed by atoms with E-state index in [0.29, 0.717) is 6.04 Å². The number of hydrogen-bond acceptors (Lipinski definition) is 2. The van der Waals surface area contributed by atoms with Crippen LogP contribution >= 0.6 is 11.6 Å². The Balaban J connectivity index is 2.26. The monoisotopic (exact) mass is 271 g/mol. The summed E-state index contributed by atoms with van der Waals surface area (Å²) >= 11 is 6.01. The first-order valence-electron chi connectivity index (χ1n) is 6.00. The molecule has 17 heavy (non-hydrogen) atoms. The Morgan fingerprint density at radius 3 is 2.94 bits per heavy atom. The molecule has 2 nitrogen and oxygen atoms in total. The van der Waals surface area contributed by atoms with Crippen molar-refractivity contribution in [3.8, 4) is 0 Å². The summed E-state index contributed by atoms with van der Waals surface area (Å²) in [5, 5.41) is 4.45. The molecule has 0 radical (unpaired) electrons. The summed E-state index contributed by atoms with van der Waals surface area (Å²) in [6.07, 6.45) is 1.01. The SMILES string of the molecule is CCC1CS(=O)C(C)C(c2cccc(Cl)c2)N1. The zero-order chi connectivity index (χ0) is 12.4. The first kappa shape index (κ1) is 13.1. The quantitative estimate of drug-likeness (QED) is 0.896. The van der Waals surface area contributed by atoms with E-state index >= 15 is 0 Å². The highest BCUT2D eigenvalue weighted by Gasteiger charge is 2.32. The average molecular weight is 272 g/mol. The second-order valence-electron chi connectivity index (χ2n) is 4.56. The third-order valence-electron chi connectivity index (χ3n) is 3.37. The van der Waals surface area contributed by atoms with Crippen LogP contribution in [0.15, 0.2) is 24.3 Å². The Morgan fingerprint density at radius 2 is 2.29 bits per heavy atom. The molecule has 0 amide bonds. The molecule has 0 spiro atoms. The van der Waals surface area contributed by atoms with Gasteiger partial charge in [-0.2, -0.15) is 0 Å². The summed E-state index contributed by atoms with van der Waals surface area (Å²) in [4.78, 5) is 0. The zero-order valence-corrected chi connectivity index (χ0v) is 11.7. The van der Waals surface area contributed by atoms with E-state index in [1.165, 1.54) is 0 Å². The minimum absolute atomic E-state index is 0.135. The molecule has 94 valence electrons. The molecule has 0 saturated carbocycles.